The summed E-state index contributed by atoms with van der Waals surface area (Å²) in [5.41, 5.74) is 1.82. The van der Waals surface area contributed by atoms with Gasteiger partial charge in [0.2, 0.25) is 0 Å². The van der Waals surface area contributed by atoms with Crippen LogP contribution in [0.3, 0.4) is 0 Å². The highest BCUT2D eigenvalue weighted by molar-refractivity contribution is 8.15. The van der Waals surface area contributed by atoms with Crippen molar-refractivity contribution >= 4 is 22.7 Å². The molecule has 0 saturated heterocycles. The van der Waals surface area contributed by atoms with Crippen LogP contribution in [0.1, 0.15) is 52.9 Å². The summed E-state index contributed by atoms with van der Waals surface area (Å²) in [7, 11) is 1.85. The Morgan fingerprint density at radius 1 is 1.25 bits per heavy atom. The third kappa shape index (κ3) is 4.20. The van der Waals surface area contributed by atoms with E-state index in [1.807, 2.05) is 13.1 Å². The average Bonchev–Trinajstić information content (AvgIpc) is 2.58. The molecule has 0 fully saturated rings. The molecule has 112 valence electrons. The maximum absolute atomic E-state index is 12.4. The summed E-state index contributed by atoms with van der Waals surface area (Å²) >= 11 is 1.08. The van der Waals surface area contributed by atoms with Crippen LogP contribution in [0.15, 0.2) is 6.07 Å². The van der Waals surface area contributed by atoms with Gasteiger partial charge in [-0.15, -0.1) is 0 Å². The molecule has 0 amide bonds. The predicted octanol–water partition coefficient (Wildman–Crippen LogP) is 2.89. The number of hydrogen-bond acceptors (Lipinski definition) is 4. The second-order valence-electron chi connectivity index (χ2n) is 6.60. The number of Topliss-reactive ketones (excluding diaryl/α,β-unsaturated/α-hetero) is 1. The summed E-state index contributed by atoms with van der Waals surface area (Å²) < 4.78 is 1.06. The molecule has 1 aromatic heterocycles. The minimum Gasteiger partial charge on any atom is -0.298 e. The second kappa shape index (κ2) is 5.72. The van der Waals surface area contributed by atoms with Gasteiger partial charge in [0.1, 0.15) is 0 Å². The summed E-state index contributed by atoms with van der Waals surface area (Å²) in [4.78, 5) is 23.6. The van der Waals surface area contributed by atoms with Crippen molar-refractivity contribution in [2.45, 2.75) is 58.1 Å². The van der Waals surface area contributed by atoms with Gasteiger partial charge in [-0.2, -0.15) is 5.10 Å². The van der Waals surface area contributed by atoms with Crippen molar-refractivity contribution in [3.63, 3.8) is 0 Å². The molecule has 1 heterocycles. The highest BCUT2D eigenvalue weighted by Crippen LogP contribution is 2.28. The zero-order valence-corrected chi connectivity index (χ0v) is 14.2. The van der Waals surface area contributed by atoms with Gasteiger partial charge in [0.05, 0.1) is 10.4 Å². The van der Waals surface area contributed by atoms with Gasteiger partial charge in [0.15, 0.2) is 10.9 Å². The zero-order valence-electron chi connectivity index (χ0n) is 13.4. The molecule has 4 nitrogen and oxygen atoms in total. The van der Waals surface area contributed by atoms with Crippen molar-refractivity contribution in [1.29, 1.82) is 0 Å². The Balaban J connectivity index is 2.91. The van der Waals surface area contributed by atoms with E-state index in [4.69, 9.17) is 0 Å². The summed E-state index contributed by atoms with van der Waals surface area (Å²) in [5.74, 6) is 0.0427. The van der Waals surface area contributed by atoms with Crippen LogP contribution in [0.4, 0.5) is 0 Å². The van der Waals surface area contributed by atoms with Crippen molar-refractivity contribution in [2.24, 2.45) is 7.05 Å². The van der Waals surface area contributed by atoms with Crippen molar-refractivity contribution < 1.29 is 9.59 Å². The average molecular weight is 296 g/mol. The first kappa shape index (κ1) is 17.0. The Morgan fingerprint density at radius 3 is 2.20 bits per heavy atom. The molecular weight excluding hydrogens is 272 g/mol. The Labute approximate surface area is 125 Å². The van der Waals surface area contributed by atoms with Crippen LogP contribution in [0.5, 0.6) is 0 Å². The number of carbonyl (C=O) groups is 2. The van der Waals surface area contributed by atoms with E-state index >= 15 is 0 Å². The van der Waals surface area contributed by atoms with Crippen molar-refractivity contribution in [3.05, 3.63) is 17.5 Å². The van der Waals surface area contributed by atoms with E-state index in [0.29, 0.717) is 6.42 Å². The van der Waals surface area contributed by atoms with E-state index in [-0.39, 0.29) is 16.3 Å². The number of rotatable bonds is 4. The van der Waals surface area contributed by atoms with Gasteiger partial charge in [-0.3, -0.25) is 14.3 Å². The van der Waals surface area contributed by atoms with Gasteiger partial charge >= 0.3 is 0 Å². The number of carbonyl (C=O) groups excluding carboxylic acids is 2. The molecule has 0 aliphatic heterocycles. The molecule has 0 spiro atoms. The number of ketones is 1. The Hall–Kier alpha value is -1.10. The summed E-state index contributed by atoms with van der Waals surface area (Å²) in [5, 5.41) is 4.43. The molecular formula is C15H24N2O2S. The molecule has 0 unspecified atom stereocenters. The van der Waals surface area contributed by atoms with Crippen LogP contribution >= 0.6 is 11.8 Å². The van der Waals surface area contributed by atoms with Gasteiger partial charge in [-0.25, -0.2) is 0 Å². The maximum atomic E-state index is 12.4. The molecule has 1 rings (SSSR count). The predicted molar refractivity (Wildman–Crippen MR) is 83.0 cm³/mol. The minimum absolute atomic E-state index is 0.0382. The lowest BCUT2D eigenvalue weighted by Crippen LogP contribution is -2.31. The van der Waals surface area contributed by atoms with Gasteiger partial charge in [-0.05, 0) is 19.9 Å². The van der Waals surface area contributed by atoms with Gasteiger partial charge in [0.25, 0.3) is 0 Å². The number of nitrogens with zero attached hydrogens (tertiary/aromatic N) is 2. The van der Waals surface area contributed by atoms with Crippen LogP contribution in [-0.2, 0) is 28.5 Å². The first-order valence-electron chi connectivity index (χ1n) is 6.70. The lowest BCUT2D eigenvalue weighted by atomic mass is 9.92. The smallest absolute Gasteiger partial charge is 0.186 e. The van der Waals surface area contributed by atoms with Gasteiger partial charge in [-0.1, -0.05) is 32.5 Å². The van der Waals surface area contributed by atoms with Crippen LogP contribution in [0.25, 0.3) is 0 Å². The lowest BCUT2D eigenvalue weighted by molar-refractivity contribution is -0.120. The third-order valence-corrected chi connectivity index (χ3v) is 4.18. The molecule has 0 aromatic carbocycles. The van der Waals surface area contributed by atoms with E-state index in [2.05, 4.69) is 25.9 Å². The maximum Gasteiger partial charge on any atom is 0.186 e. The first-order chi connectivity index (χ1) is 8.93. The highest BCUT2D eigenvalue weighted by atomic mass is 32.2. The fraction of sp³-hybridized carbons (Fsp3) is 0.667. The lowest BCUT2D eigenvalue weighted by Gasteiger charge is -2.20. The summed E-state index contributed by atoms with van der Waals surface area (Å²) in [6.07, 6.45) is 0.298. The molecule has 0 atom stereocenters. The van der Waals surface area contributed by atoms with Crippen LogP contribution in [0.2, 0.25) is 0 Å². The van der Waals surface area contributed by atoms with E-state index in [1.54, 1.807) is 18.5 Å². The molecule has 0 aliphatic rings. The molecule has 0 N–H and O–H groups in total. The Kier molecular flexibility index (Phi) is 4.85. The molecule has 0 bridgehead atoms. The van der Waals surface area contributed by atoms with Gasteiger partial charge in [0, 0.05) is 31.5 Å². The van der Waals surface area contributed by atoms with E-state index in [9.17, 15) is 9.59 Å². The summed E-state index contributed by atoms with van der Waals surface area (Å²) in [6, 6.07) is 1.98. The first-order valence-corrected chi connectivity index (χ1v) is 7.51. The molecule has 1 aromatic rings. The molecule has 0 aliphatic carbocycles. The monoisotopic (exact) mass is 296 g/mol. The molecule has 0 saturated carbocycles. The van der Waals surface area contributed by atoms with Crippen LogP contribution in [-0.4, -0.2) is 25.4 Å². The number of aryl methyl sites for hydroxylation is 1. The van der Waals surface area contributed by atoms with E-state index in [1.165, 1.54) is 6.92 Å². The SMILES string of the molecule is CC(=O)SC(C)(C)C(=O)Cc1cc(C(C)(C)C)nn1C. The normalized spacial score (nSPS) is 12.6. The van der Waals surface area contributed by atoms with Crippen molar-refractivity contribution in [3.8, 4) is 0 Å². The second-order valence-corrected chi connectivity index (χ2v) is 8.40. The van der Waals surface area contributed by atoms with Crippen LogP contribution < -0.4 is 0 Å². The zero-order chi connectivity index (χ0) is 15.7. The van der Waals surface area contributed by atoms with Crippen molar-refractivity contribution in [1.82, 2.24) is 9.78 Å². The third-order valence-electron chi connectivity index (χ3n) is 3.16. The van der Waals surface area contributed by atoms with Gasteiger partial charge < -0.3 is 0 Å². The Morgan fingerprint density at radius 2 is 1.80 bits per heavy atom. The molecule has 5 heteroatoms. The topological polar surface area (TPSA) is 52.0 Å². The largest absolute Gasteiger partial charge is 0.298 e. The van der Waals surface area contributed by atoms with E-state index < -0.39 is 4.75 Å². The highest BCUT2D eigenvalue weighted by Gasteiger charge is 2.31. The van der Waals surface area contributed by atoms with E-state index in [0.717, 1.165) is 23.1 Å². The fourth-order valence-electron chi connectivity index (χ4n) is 1.83. The minimum atomic E-state index is -0.696. The molecule has 0 radical (unpaired) electrons. The Bertz CT molecular complexity index is 524. The number of aromatic nitrogens is 2. The van der Waals surface area contributed by atoms with Crippen molar-refractivity contribution in [2.75, 3.05) is 0 Å². The fourth-order valence-corrected chi connectivity index (χ4v) is 2.74. The number of hydrogen-bond donors (Lipinski definition) is 0. The quantitative estimate of drug-likeness (QED) is 0.857. The summed E-state index contributed by atoms with van der Waals surface area (Å²) in [6.45, 7) is 11.4. The van der Waals surface area contributed by atoms with Crippen LogP contribution in [0, 0.1) is 0 Å². The number of thioether (sulfide) groups is 1. The standard InChI is InChI=1S/C15H24N2O2S/c1-10(18)20-15(5,6)13(19)9-11-8-12(14(2,3)4)16-17(11)7/h8H,9H2,1-7H3. The molecule has 20 heavy (non-hydrogen) atoms.